The lowest BCUT2D eigenvalue weighted by Crippen LogP contribution is -2.27. The predicted octanol–water partition coefficient (Wildman–Crippen LogP) is 2.73. The topological polar surface area (TPSA) is 36.9 Å². The zero-order valence-electron chi connectivity index (χ0n) is 9.91. The highest BCUT2D eigenvalue weighted by Crippen LogP contribution is 2.17. The van der Waals surface area contributed by atoms with Crippen LogP contribution in [0.25, 0.3) is 0 Å². The second-order valence-corrected chi connectivity index (χ2v) is 4.77. The van der Waals surface area contributed by atoms with Gasteiger partial charge in [0.25, 0.3) is 0 Å². The predicted molar refractivity (Wildman–Crippen MR) is 68.4 cm³/mol. The molecule has 0 aromatic carbocycles. The maximum Gasteiger partial charge on any atom is 0.225 e. The van der Waals surface area contributed by atoms with Crippen LogP contribution >= 0.6 is 12.2 Å². The van der Waals surface area contributed by atoms with Gasteiger partial charge in [0.15, 0.2) is 4.77 Å². The quantitative estimate of drug-likeness (QED) is 0.825. The van der Waals surface area contributed by atoms with E-state index in [4.69, 9.17) is 12.2 Å². The van der Waals surface area contributed by atoms with Gasteiger partial charge in [0, 0.05) is 19.6 Å². The standard InChI is InChI=1S/C11H20N4S/c1-2-7-15-10(12-13-11(15)16)14-8-5-3-4-6-9-14/h2-9H2,1H3,(H,13,16). The first-order valence-corrected chi connectivity index (χ1v) is 6.64. The number of H-pyrrole nitrogens is 1. The largest absolute Gasteiger partial charge is 0.341 e. The van der Waals surface area contributed by atoms with E-state index in [0.717, 1.165) is 36.8 Å². The van der Waals surface area contributed by atoms with E-state index in [-0.39, 0.29) is 0 Å². The maximum absolute atomic E-state index is 5.26. The molecule has 1 aromatic rings. The van der Waals surface area contributed by atoms with Crippen molar-refractivity contribution < 1.29 is 0 Å². The molecular weight excluding hydrogens is 220 g/mol. The van der Waals surface area contributed by atoms with Crippen LogP contribution in [-0.4, -0.2) is 27.9 Å². The Morgan fingerprint density at radius 3 is 2.56 bits per heavy atom. The van der Waals surface area contributed by atoms with Gasteiger partial charge in [-0.25, -0.2) is 5.10 Å². The summed E-state index contributed by atoms with van der Waals surface area (Å²) in [5, 5.41) is 7.29. The Labute approximate surface area is 102 Å². The van der Waals surface area contributed by atoms with E-state index in [1.807, 2.05) is 0 Å². The summed E-state index contributed by atoms with van der Waals surface area (Å²) in [6, 6.07) is 0. The molecule has 90 valence electrons. The number of nitrogens with one attached hydrogen (secondary N) is 1. The Hall–Kier alpha value is -0.840. The van der Waals surface area contributed by atoms with Gasteiger partial charge in [0.1, 0.15) is 0 Å². The van der Waals surface area contributed by atoms with Crippen LogP contribution in [0.5, 0.6) is 0 Å². The molecule has 0 bridgehead atoms. The summed E-state index contributed by atoms with van der Waals surface area (Å²) in [7, 11) is 0. The normalized spacial score (nSPS) is 17.4. The van der Waals surface area contributed by atoms with Crippen molar-refractivity contribution in [2.24, 2.45) is 0 Å². The van der Waals surface area contributed by atoms with Crippen molar-refractivity contribution in [2.75, 3.05) is 18.0 Å². The smallest absolute Gasteiger partial charge is 0.225 e. The second kappa shape index (κ2) is 5.48. The summed E-state index contributed by atoms with van der Waals surface area (Å²) in [5.41, 5.74) is 0. The summed E-state index contributed by atoms with van der Waals surface area (Å²) >= 11 is 5.26. The number of aromatic nitrogens is 3. The minimum atomic E-state index is 0.751. The van der Waals surface area contributed by atoms with Crippen molar-refractivity contribution in [3.8, 4) is 0 Å². The zero-order chi connectivity index (χ0) is 11.4. The van der Waals surface area contributed by atoms with E-state index in [0.29, 0.717) is 0 Å². The third kappa shape index (κ3) is 2.45. The Morgan fingerprint density at radius 2 is 1.94 bits per heavy atom. The molecule has 5 heteroatoms. The summed E-state index contributed by atoms with van der Waals surface area (Å²) in [6.45, 7) is 5.36. The first-order valence-electron chi connectivity index (χ1n) is 6.23. The van der Waals surface area contributed by atoms with Crippen LogP contribution in [0, 0.1) is 4.77 Å². The van der Waals surface area contributed by atoms with Crippen LogP contribution in [0.2, 0.25) is 0 Å². The van der Waals surface area contributed by atoms with Crippen molar-refractivity contribution in [2.45, 2.75) is 45.6 Å². The molecule has 1 aromatic heterocycles. The van der Waals surface area contributed by atoms with E-state index in [1.54, 1.807) is 0 Å². The van der Waals surface area contributed by atoms with Gasteiger partial charge >= 0.3 is 0 Å². The fourth-order valence-electron chi connectivity index (χ4n) is 2.25. The van der Waals surface area contributed by atoms with Crippen LogP contribution in [0.15, 0.2) is 0 Å². The molecule has 0 atom stereocenters. The molecule has 4 nitrogen and oxygen atoms in total. The summed E-state index contributed by atoms with van der Waals surface area (Å²) in [4.78, 5) is 2.37. The fourth-order valence-corrected chi connectivity index (χ4v) is 2.47. The number of aromatic amines is 1. The van der Waals surface area contributed by atoms with Gasteiger partial charge in [-0.1, -0.05) is 19.8 Å². The Morgan fingerprint density at radius 1 is 1.25 bits per heavy atom. The van der Waals surface area contributed by atoms with Gasteiger partial charge in [-0.3, -0.25) is 4.57 Å². The van der Waals surface area contributed by atoms with Crippen LogP contribution in [0.3, 0.4) is 0 Å². The van der Waals surface area contributed by atoms with Gasteiger partial charge in [-0.15, -0.1) is 5.10 Å². The van der Waals surface area contributed by atoms with Crippen molar-refractivity contribution in [3.63, 3.8) is 0 Å². The molecule has 0 saturated carbocycles. The monoisotopic (exact) mass is 240 g/mol. The minimum absolute atomic E-state index is 0.751. The average Bonchev–Trinajstić information content (AvgIpc) is 2.55. The zero-order valence-corrected chi connectivity index (χ0v) is 10.7. The lowest BCUT2D eigenvalue weighted by molar-refractivity contribution is 0.641. The Kier molecular flexibility index (Phi) is 3.98. The van der Waals surface area contributed by atoms with Gasteiger partial charge in [-0.05, 0) is 31.5 Å². The van der Waals surface area contributed by atoms with Crippen LogP contribution in [0.1, 0.15) is 39.0 Å². The Balaban J connectivity index is 2.20. The molecule has 1 aliphatic rings. The van der Waals surface area contributed by atoms with E-state index < -0.39 is 0 Å². The maximum atomic E-state index is 5.26. The third-order valence-electron chi connectivity index (χ3n) is 3.07. The van der Waals surface area contributed by atoms with Crippen molar-refractivity contribution in [3.05, 3.63) is 4.77 Å². The molecule has 1 aliphatic heterocycles. The molecule has 2 rings (SSSR count). The highest BCUT2D eigenvalue weighted by Gasteiger charge is 2.15. The van der Waals surface area contributed by atoms with Gasteiger partial charge in [0.05, 0.1) is 0 Å². The van der Waals surface area contributed by atoms with Gasteiger partial charge < -0.3 is 4.90 Å². The second-order valence-electron chi connectivity index (χ2n) is 4.38. The van der Waals surface area contributed by atoms with Crippen LogP contribution in [-0.2, 0) is 6.54 Å². The first-order chi connectivity index (χ1) is 7.83. The fraction of sp³-hybridized carbons (Fsp3) is 0.818. The minimum Gasteiger partial charge on any atom is -0.341 e. The highest BCUT2D eigenvalue weighted by atomic mass is 32.1. The summed E-state index contributed by atoms with van der Waals surface area (Å²) in [6.07, 6.45) is 6.32. The SMILES string of the molecule is CCCn1c(N2CCCCCC2)n[nH]c1=S. The molecule has 16 heavy (non-hydrogen) atoms. The molecule has 0 spiro atoms. The van der Waals surface area contributed by atoms with Crippen molar-refractivity contribution >= 4 is 18.2 Å². The van der Waals surface area contributed by atoms with Crippen LogP contribution in [0.4, 0.5) is 5.95 Å². The molecule has 1 fully saturated rings. The number of rotatable bonds is 3. The number of anilines is 1. The molecule has 0 unspecified atom stereocenters. The molecule has 0 radical (unpaired) electrons. The molecule has 2 heterocycles. The molecular formula is C11H20N4S. The van der Waals surface area contributed by atoms with Crippen molar-refractivity contribution in [1.82, 2.24) is 14.8 Å². The molecule has 0 aliphatic carbocycles. The number of hydrogen-bond acceptors (Lipinski definition) is 3. The molecule has 1 saturated heterocycles. The van der Waals surface area contributed by atoms with E-state index in [2.05, 4.69) is 26.6 Å². The van der Waals surface area contributed by atoms with Gasteiger partial charge in [0.2, 0.25) is 5.95 Å². The van der Waals surface area contributed by atoms with Crippen LogP contribution < -0.4 is 4.90 Å². The average molecular weight is 240 g/mol. The third-order valence-corrected chi connectivity index (χ3v) is 3.39. The lowest BCUT2D eigenvalue weighted by atomic mass is 10.2. The summed E-state index contributed by atoms with van der Waals surface area (Å²) < 4.78 is 2.88. The van der Waals surface area contributed by atoms with E-state index in [9.17, 15) is 0 Å². The summed E-state index contributed by atoms with van der Waals surface area (Å²) in [5.74, 6) is 1.04. The van der Waals surface area contributed by atoms with Gasteiger partial charge in [-0.2, -0.15) is 0 Å². The lowest BCUT2D eigenvalue weighted by Gasteiger charge is -2.21. The first kappa shape index (κ1) is 11.6. The number of nitrogens with zero attached hydrogens (tertiary/aromatic N) is 3. The molecule has 1 N–H and O–H groups in total. The number of hydrogen-bond donors (Lipinski definition) is 1. The Bertz CT molecular complexity index is 374. The van der Waals surface area contributed by atoms with E-state index in [1.165, 1.54) is 25.7 Å². The van der Waals surface area contributed by atoms with Crippen molar-refractivity contribution in [1.29, 1.82) is 0 Å². The van der Waals surface area contributed by atoms with E-state index >= 15 is 0 Å². The molecule has 0 amide bonds. The highest BCUT2D eigenvalue weighted by molar-refractivity contribution is 7.71.